The molecule has 5 heteroatoms. The zero-order chi connectivity index (χ0) is 12.5. The number of aromatic nitrogens is 3. The van der Waals surface area contributed by atoms with Crippen LogP contribution in [0.4, 0.5) is 0 Å². The Hall–Kier alpha value is -1.39. The first-order valence-corrected chi connectivity index (χ1v) is 6.63. The predicted molar refractivity (Wildman–Crippen MR) is 75.8 cm³/mol. The largest absolute Gasteiger partial charge is 0.240 e. The van der Waals surface area contributed by atoms with Crippen LogP contribution in [0, 0.1) is 0 Å². The van der Waals surface area contributed by atoms with Gasteiger partial charge in [-0.15, -0.1) is 5.10 Å². The topological polar surface area (TPSA) is 30.7 Å². The van der Waals surface area contributed by atoms with Gasteiger partial charge in [-0.2, -0.15) is 0 Å². The number of halogens is 2. The lowest BCUT2D eigenvalue weighted by Gasteiger charge is -2.03. The van der Waals surface area contributed by atoms with Gasteiger partial charge in [-0.25, -0.2) is 4.68 Å². The van der Waals surface area contributed by atoms with Crippen molar-refractivity contribution in [2.75, 3.05) is 0 Å². The molecule has 0 aliphatic carbocycles. The number of rotatable bonds is 2. The summed E-state index contributed by atoms with van der Waals surface area (Å²) in [5.41, 5.74) is 2.98. The van der Waals surface area contributed by atoms with Crippen LogP contribution in [-0.4, -0.2) is 15.0 Å². The highest BCUT2D eigenvalue weighted by Gasteiger charge is 2.05. The van der Waals surface area contributed by atoms with E-state index < -0.39 is 0 Å². The van der Waals surface area contributed by atoms with Gasteiger partial charge in [0.15, 0.2) is 0 Å². The summed E-state index contributed by atoms with van der Waals surface area (Å²) in [6, 6.07) is 13.7. The Bertz CT molecular complexity index is 691. The van der Waals surface area contributed by atoms with E-state index in [4.69, 9.17) is 11.6 Å². The fraction of sp³-hybridized carbons (Fsp3) is 0.0769. The Labute approximate surface area is 118 Å². The van der Waals surface area contributed by atoms with E-state index in [9.17, 15) is 0 Å². The smallest absolute Gasteiger partial charge is 0.113 e. The van der Waals surface area contributed by atoms with Gasteiger partial charge in [-0.1, -0.05) is 44.9 Å². The fourth-order valence-corrected chi connectivity index (χ4v) is 2.25. The monoisotopic (exact) mass is 321 g/mol. The first-order valence-electron chi connectivity index (χ1n) is 5.45. The normalized spacial score (nSPS) is 11.0. The number of hydrogen-bond acceptors (Lipinski definition) is 2. The molecule has 3 nitrogen and oxygen atoms in total. The Kier molecular flexibility index (Phi) is 3.06. The minimum atomic E-state index is 0.685. The molecule has 0 spiro atoms. The van der Waals surface area contributed by atoms with E-state index >= 15 is 0 Å². The van der Waals surface area contributed by atoms with Gasteiger partial charge in [-0.3, -0.25) is 0 Å². The lowest BCUT2D eigenvalue weighted by atomic mass is 10.2. The second-order valence-corrected chi connectivity index (χ2v) is 5.36. The molecular weight excluding hydrogens is 314 g/mol. The molecule has 0 radical (unpaired) electrons. The molecule has 3 aromatic rings. The standard InChI is InChI=1S/C13H9BrClN3/c14-10-3-1-9(2-4-10)8-18-13-7-11(15)5-6-12(13)16-17-18/h1-7H,8H2. The zero-order valence-corrected chi connectivity index (χ0v) is 11.7. The highest BCUT2D eigenvalue weighted by atomic mass is 79.9. The van der Waals surface area contributed by atoms with Crippen LogP contribution >= 0.6 is 27.5 Å². The maximum atomic E-state index is 6.00. The Balaban J connectivity index is 1.99. The molecule has 0 aliphatic rings. The molecule has 0 unspecified atom stereocenters. The van der Waals surface area contributed by atoms with Crippen molar-refractivity contribution >= 4 is 38.6 Å². The summed E-state index contributed by atoms with van der Waals surface area (Å²) in [7, 11) is 0. The van der Waals surface area contributed by atoms with Gasteiger partial charge >= 0.3 is 0 Å². The first kappa shape index (κ1) is 11.7. The molecule has 0 atom stereocenters. The van der Waals surface area contributed by atoms with Crippen LogP contribution in [0.5, 0.6) is 0 Å². The average molecular weight is 323 g/mol. The maximum Gasteiger partial charge on any atom is 0.113 e. The first-order chi connectivity index (χ1) is 8.72. The van der Waals surface area contributed by atoms with Crippen LogP contribution in [0.25, 0.3) is 11.0 Å². The van der Waals surface area contributed by atoms with Crippen LogP contribution in [0.2, 0.25) is 5.02 Å². The van der Waals surface area contributed by atoms with Crippen molar-refractivity contribution in [3.8, 4) is 0 Å². The van der Waals surface area contributed by atoms with Gasteiger partial charge in [0.2, 0.25) is 0 Å². The third-order valence-corrected chi connectivity index (χ3v) is 3.49. The highest BCUT2D eigenvalue weighted by molar-refractivity contribution is 9.10. The number of nitrogens with zero attached hydrogens (tertiary/aromatic N) is 3. The van der Waals surface area contributed by atoms with Crippen LogP contribution in [-0.2, 0) is 6.54 Å². The van der Waals surface area contributed by atoms with E-state index in [1.165, 1.54) is 5.56 Å². The van der Waals surface area contributed by atoms with Crippen molar-refractivity contribution in [1.82, 2.24) is 15.0 Å². The van der Waals surface area contributed by atoms with Crippen molar-refractivity contribution in [2.45, 2.75) is 6.54 Å². The molecule has 90 valence electrons. The molecule has 2 aromatic carbocycles. The van der Waals surface area contributed by atoms with Crippen molar-refractivity contribution in [1.29, 1.82) is 0 Å². The second kappa shape index (κ2) is 4.71. The highest BCUT2D eigenvalue weighted by Crippen LogP contribution is 2.18. The van der Waals surface area contributed by atoms with Crippen molar-refractivity contribution < 1.29 is 0 Å². The minimum Gasteiger partial charge on any atom is -0.240 e. The maximum absolute atomic E-state index is 6.00. The summed E-state index contributed by atoms with van der Waals surface area (Å²) in [5.74, 6) is 0. The minimum absolute atomic E-state index is 0.685. The lowest BCUT2D eigenvalue weighted by Crippen LogP contribution is -2.01. The SMILES string of the molecule is Clc1ccc2nnn(Cc3ccc(Br)cc3)c2c1. The summed E-state index contributed by atoms with van der Waals surface area (Å²) < 4.78 is 2.92. The lowest BCUT2D eigenvalue weighted by molar-refractivity contribution is 0.670. The van der Waals surface area contributed by atoms with Gasteiger partial charge in [0.05, 0.1) is 12.1 Å². The molecule has 0 fully saturated rings. The van der Waals surface area contributed by atoms with Gasteiger partial charge in [0, 0.05) is 9.50 Å². The Morgan fingerprint density at radius 1 is 1.11 bits per heavy atom. The molecule has 0 N–H and O–H groups in total. The molecule has 3 rings (SSSR count). The van der Waals surface area contributed by atoms with Gasteiger partial charge in [0.1, 0.15) is 5.52 Å². The molecule has 1 heterocycles. The average Bonchev–Trinajstić information content (AvgIpc) is 2.75. The van der Waals surface area contributed by atoms with Crippen LogP contribution in [0.15, 0.2) is 46.9 Å². The Morgan fingerprint density at radius 3 is 2.67 bits per heavy atom. The summed E-state index contributed by atoms with van der Waals surface area (Å²) >= 11 is 9.42. The number of hydrogen-bond donors (Lipinski definition) is 0. The zero-order valence-electron chi connectivity index (χ0n) is 9.35. The van der Waals surface area contributed by atoms with Crippen molar-refractivity contribution in [3.63, 3.8) is 0 Å². The molecule has 0 amide bonds. The molecule has 1 aromatic heterocycles. The molecule has 0 bridgehead atoms. The van der Waals surface area contributed by atoms with Crippen molar-refractivity contribution in [2.24, 2.45) is 0 Å². The molecule has 18 heavy (non-hydrogen) atoms. The van der Waals surface area contributed by atoms with E-state index in [-0.39, 0.29) is 0 Å². The van der Waals surface area contributed by atoms with E-state index in [0.29, 0.717) is 11.6 Å². The Morgan fingerprint density at radius 2 is 1.89 bits per heavy atom. The predicted octanol–water partition coefficient (Wildman–Crippen LogP) is 3.90. The van der Waals surface area contributed by atoms with Gasteiger partial charge in [-0.05, 0) is 35.9 Å². The van der Waals surface area contributed by atoms with E-state index in [2.05, 4.69) is 38.4 Å². The van der Waals surface area contributed by atoms with E-state index in [1.807, 2.05) is 35.0 Å². The molecular formula is C13H9BrClN3. The van der Waals surface area contributed by atoms with Crippen molar-refractivity contribution in [3.05, 3.63) is 57.5 Å². The number of benzene rings is 2. The molecule has 0 saturated heterocycles. The van der Waals surface area contributed by atoms with Crippen LogP contribution < -0.4 is 0 Å². The summed E-state index contributed by atoms with van der Waals surface area (Å²) in [5, 5.41) is 8.97. The van der Waals surface area contributed by atoms with Crippen LogP contribution in [0.3, 0.4) is 0 Å². The van der Waals surface area contributed by atoms with E-state index in [0.717, 1.165) is 15.5 Å². The van der Waals surface area contributed by atoms with Gasteiger partial charge < -0.3 is 0 Å². The summed E-state index contributed by atoms with van der Waals surface area (Å²) in [4.78, 5) is 0. The summed E-state index contributed by atoms with van der Waals surface area (Å²) in [6.45, 7) is 0.685. The van der Waals surface area contributed by atoms with Gasteiger partial charge in [0.25, 0.3) is 0 Å². The number of fused-ring (bicyclic) bond motifs is 1. The quantitative estimate of drug-likeness (QED) is 0.716. The third-order valence-electron chi connectivity index (χ3n) is 2.72. The second-order valence-electron chi connectivity index (χ2n) is 4.01. The summed E-state index contributed by atoms with van der Waals surface area (Å²) in [6.07, 6.45) is 0. The molecule has 0 saturated carbocycles. The van der Waals surface area contributed by atoms with Crippen LogP contribution in [0.1, 0.15) is 5.56 Å². The molecule has 0 aliphatic heterocycles. The van der Waals surface area contributed by atoms with E-state index in [1.54, 1.807) is 0 Å². The third kappa shape index (κ3) is 2.26. The fourth-order valence-electron chi connectivity index (χ4n) is 1.82.